The molecule has 1 aliphatic carbocycles. The van der Waals surface area contributed by atoms with Crippen molar-refractivity contribution in [2.45, 2.75) is 38.1 Å². The Labute approximate surface area is 201 Å². The predicted octanol–water partition coefficient (Wildman–Crippen LogP) is 5.30. The van der Waals surface area contributed by atoms with Crippen molar-refractivity contribution in [3.05, 3.63) is 63.8 Å². The number of aryl methyl sites for hydroxylation is 3. The molecule has 6 nitrogen and oxygen atoms in total. The molecule has 0 bridgehead atoms. The van der Waals surface area contributed by atoms with Crippen LogP contribution in [0.1, 0.15) is 44.7 Å². The van der Waals surface area contributed by atoms with E-state index in [1.165, 1.54) is 35.8 Å². The summed E-state index contributed by atoms with van der Waals surface area (Å²) >= 11 is 2.81. The van der Waals surface area contributed by atoms with Crippen LogP contribution in [0.4, 0.5) is 5.00 Å². The molecule has 2 heterocycles. The van der Waals surface area contributed by atoms with Crippen molar-refractivity contribution in [3.63, 3.8) is 0 Å². The topological polar surface area (TPSA) is 92.1 Å². The highest BCUT2D eigenvalue weighted by Crippen LogP contribution is 2.45. The number of hydrogen-bond donors (Lipinski definition) is 1. The van der Waals surface area contributed by atoms with Crippen LogP contribution in [0.25, 0.3) is 10.4 Å². The number of carbonyl (C=O) groups is 2. The predicted molar refractivity (Wildman–Crippen MR) is 131 cm³/mol. The van der Waals surface area contributed by atoms with E-state index in [1.54, 1.807) is 0 Å². The van der Waals surface area contributed by atoms with Crippen LogP contribution in [0.5, 0.6) is 0 Å². The largest absolute Gasteiger partial charge is 0.465 e. The SMILES string of the molecule is COC(=O)c1c(NC(=O)CCSc2nc(C)cc(C)c2C#N)sc2c1CCc1ccccc1-2. The van der Waals surface area contributed by atoms with Crippen molar-refractivity contribution in [2.75, 3.05) is 18.2 Å². The Balaban J connectivity index is 1.52. The Morgan fingerprint density at radius 1 is 1.27 bits per heavy atom. The number of aromatic nitrogens is 1. The fourth-order valence-electron chi connectivity index (χ4n) is 4.02. The molecule has 168 valence electrons. The number of ether oxygens (including phenoxy) is 1. The van der Waals surface area contributed by atoms with Gasteiger partial charge in [0, 0.05) is 22.7 Å². The number of fused-ring (bicyclic) bond motifs is 3. The van der Waals surface area contributed by atoms with Crippen LogP contribution in [-0.2, 0) is 22.4 Å². The van der Waals surface area contributed by atoms with Crippen LogP contribution in [0.2, 0.25) is 0 Å². The van der Waals surface area contributed by atoms with E-state index in [9.17, 15) is 14.9 Å². The third-order valence-corrected chi connectivity index (χ3v) is 7.70. The molecule has 33 heavy (non-hydrogen) atoms. The maximum atomic E-state index is 12.8. The zero-order valence-corrected chi connectivity index (χ0v) is 20.3. The average Bonchev–Trinajstić information content (AvgIpc) is 3.16. The Hall–Kier alpha value is -3.15. The molecule has 1 aliphatic rings. The molecule has 0 fully saturated rings. The molecular weight excluding hydrogens is 454 g/mol. The average molecular weight is 478 g/mol. The van der Waals surface area contributed by atoms with Crippen LogP contribution in [0.15, 0.2) is 35.4 Å². The molecule has 3 aromatic rings. The second-order valence-corrected chi connectivity index (χ2v) is 9.89. The maximum absolute atomic E-state index is 12.8. The minimum Gasteiger partial charge on any atom is -0.465 e. The molecule has 8 heteroatoms. The van der Waals surface area contributed by atoms with Gasteiger partial charge >= 0.3 is 5.97 Å². The highest BCUT2D eigenvalue weighted by Gasteiger charge is 2.29. The molecule has 0 aliphatic heterocycles. The monoisotopic (exact) mass is 477 g/mol. The fraction of sp³-hybridized carbons (Fsp3) is 0.280. The van der Waals surface area contributed by atoms with Crippen molar-refractivity contribution in [1.82, 2.24) is 4.98 Å². The third kappa shape index (κ3) is 4.65. The first kappa shape index (κ1) is 23.0. The van der Waals surface area contributed by atoms with Crippen LogP contribution in [0.3, 0.4) is 0 Å². The van der Waals surface area contributed by atoms with Gasteiger partial charge in [0.2, 0.25) is 5.91 Å². The number of thioether (sulfide) groups is 1. The number of rotatable bonds is 6. The summed E-state index contributed by atoms with van der Waals surface area (Å²) in [7, 11) is 1.36. The van der Waals surface area contributed by atoms with Crippen LogP contribution in [-0.4, -0.2) is 29.7 Å². The van der Waals surface area contributed by atoms with Gasteiger partial charge in [0.05, 0.1) is 18.2 Å². The van der Waals surface area contributed by atoms with Crippen molar-refractivity contribution in [1.29, 1.82) is 5.26 Å². The van der Waals surface area contributed by atoms with E-state index in [1.807, 2.05) is 32.0 Å². The molecule has 4 rings (SSSR count). The Bertz CT molecular complexity index is 1290. The number of esters is 1. The van der Waals surface area contributed by atoms with Crippen molar-refractivity contribution < 1.29 is 14.3 Å². The van der Waals surface area contributed by atoms with E-state index >= 15 is 0 Å². The Morgan fingerprint density at radius 2 is 2.06 bits per heavy atom. The summed E-state index contributed by atoms with van der Waals surface area (Å²) in [5.74, 6) is -0.158. The smallest absolute Gasteiger partial charge is 0.341 e. The van der Waals surface area contributed by atoms with Gasteiger partial charge in [-0.1, -0.05) is 24.3 Å². The number of anilines is 1. The van der Waals surface area contributed by atoms with Gasteiger partial charge in [-0.15, -0.1) is 23.1 Å². The first-order chi connectivity index (χ1) is 15.9. The number of pyridine rings is 1. The van der Waals surface area contributed by atoms with Gasteiger partial charge in [-0.3, -0.25) is 4.79 Å². The summed E-state index contributed by atoms with van der Waals surface area (Å²) < 4.78 is 5.03. The van der Waals surface area contributed by atoms with Crippen LogP contribution >= 0.6 is 23.1 Å². The number of thiophene rings is 1. The van der Waals surface area contributed by atoms with Crippen molar-refractivity contribution in [2.24, 2.45) is 0 Å². The summed E-state index contributed by atoms with van der Waals surface area (Å²) in [5.41, 5.74) is 6.00. The lowest BCUT2D eigenvalue weighted by molar-refractivity contribution is -0.115. The van der Waals surface area contributed by atoms with E-state index < -0.39 is 5.97 Å². The first-order valence-electron chi connectivity index (χ1n) is 10.6. The van der Waals surface area contributed by atoms with Crippen molar-refractivity contribution >= 4 is 40.0 Å². The molecule has 0 saturated carbocycles. The molecule has 0 atom stereocenters. The second kappa shape index (κ2) is 9.77. The first-order valence-corrected chi connectivity index (χ1v) is 12.4. The number of hydrogen-bond acceptors (Lipinski definition) is 7. The minimum absolute atomic E-state index is 0.192. The number of nitrogens with one attached hydrogen (secondary N) is 1. The van der Waals surface area contributed by atoms with E-state index in [-0.39, 0.29) is 12.3 Å². The molecule has 1 N–H and O–H groups in total. The van der Waals surface area contributed by atoms with Gasteiger partial charge in [-0.25, -0.2) is 9.78 Å². The number of methoxy groups -OCH3 is 1. The lowest BCUT2D eigenvalue weighted by atomic mass is 9.89. The highest BCUT2D eigenvalue weighted by atomic mass is 32.2. The van der Waals surface area contributed by atoms with Gasteiger partial charge in [-0.05, 0) is 55.0 Å². The minimum atomic E-state index is -0.436. The molecule has 1 amide bonds. The van der Waals surface area contributed by atoms with E-state index in [0.717, 1.165) is 40.1 Å². The number of nitriles is 1. The van der Waals surface area contributed by atoms with Gasteiger partial charge in [0.15, 0.2) is 0 Å². The quantitative estimate of drug-likeness (QED) is 0.382. The molecule has 0 saturated heterocycles. The lowest BCUT2D eigenvalue weighted by Gasteiger charge is -2.16. The standard InChI is InChI=1S/C25H23N3O3S2/c1-14-12-15(2)27-23(19(14)13-26)32-11-10-20(29)28-24-21(25(30)31-3)18-9-8-16-6-4-5-7-17(16)22(18)33-24/h4-7,12H,8-11H2,1-3H3,(H,28,29). The van der Waals surface area contributed by atoms with Crippen molar-refractivity contribution in [3.8, 4) is 16.5 Å². The molecular formula is C25H23N3O3S2. The molecule has 0 unspecified atom stereocenters. The Kier molecular flexibility index (Phi) is 6.82. The van der Waals surface area contributed by atoms with E-state index in [0.29, 0.717) is 26.9 Å². The van der Waals surface area contributed by atoms with E-state index in [2.05, 4.69) is 28.5 Å². The van der Waals surface area contributed by atoms with E-state index in [4.69, 9.17) is 4.74 Å². The highest BCUT2D eigenvalue weighted by molar-refractivity contribution is 7.99. The van der Waals surface area contributed by atoms with Crippen LogP contribution < -0.4 is 5.32 Å². The van der Waals surface area contributed by atoms with Gasteiger partial charge in [0.1, 0.15) is 16.1 Å². The normalized spacial score (nSPS) is 11.8. The summed E-state index contributed by atoms with van der Waals surface area (Å²) in [6, 6.07) is 12.2. The van der Waals surface area contributed by atoms with Crippen LogP contribution in [0, 0.1) is 25.2 Å². The maximum Gasteiger partial charge on any atom is 0.341 e. The van der Waals surface area contributed by atoms with Gasteiger partial charge in [-0.2, -0.15) is 5.26 Å². The summed E-state index contributed by atoms with van der Waals surface area (Å²) in [4.78, 5) is 30.8. The van der Waals surface area contributed by atoms with Gasteiger partial charge < -0.3 is 10.1 Å². The number of benzene rings is 1. The molecule has 0 spiro atoms. The second-order valence-electron chi connectivity index (χ2n) is 7.78. The Morgan fingerprint density at radius 3 is 2.82 bits per heavy atom. The fourth-order valence-corrected chi connectivity index (χ4v) is 6.37. The third-order valence-electron chi connectivity index (χ3n) is 5.55. The van der Waals surface area contributed by atoms with Gasteiger partial charge in [0.25, 0.3) is 0 Å². The molecule has 2 aromatic heterocycles. The molecule has 1 aromatic carbocycles. The lowest BCUT2D eigenvalue weighted by Crippen LogP contribution is -2.15. The summed E-state index contributed by atoms with van der Waals surface area (Å²) in [6.45, 7) is 3.77. The summed E-state index contributed by atoms with van der Waals surface area (Å²) in [6.07, 6.45) is 1.80. The zero-order valence-electron chi connectivity index (χ0n) is 18.7. The zero-order chi connectivity index (χ0) is 23.5. The number of amides is 1. The molecule has 0 radical (unpaired) electrons. The number of carbonyl (C=O) groups excluding carboxylic acids is 2. The summed E-state index contributed by atoms with van der Waals surface area (Å²) in [5, 5.41) is 13.5. The number of nitrogens with zero attached hydrogens (tertiary/aromatic N) is 2.